The van der Waals surface area contributed by atoms with Crippen molar-refractivity contribution in [2.75, 3.05) is 72.9 Å². The van der Waals surface area contributed by atoms with Gasteiger partial charge in [0.1, 0.15) is 0 Å². The molecule has 0 amide bonds. The van der Waals surface area contributed by atoms with E-state index in [-0.39, 0.29) is 0 Å². The van der Waals surface area contributed by atoms with Crippen molar-refractivity contribution < 1.29 is 0 Å². The Morgan fingerprint density at radius 3 is 2.35 bits per heavy atom. The molecule has 2 aromatic carbocycles. The lowest BCUT2D eigenvalue weighted by Crippen LogP contribution is -2.71. The van der Waals surface area contributed by atoms with Crippen LogP contribution in [0, 0.1) is 22.2 Å². The number of benzene rings is 2. The van der Waals surface area contributed by atoms with Crippen molar-refractivity contribution in [2.45, 2.75) is 0 Å². The van der Waals surface area contributed by atoms with Crippen LogP contribution in [0.15, 0.2) is 42.6 Å². The number of rotatable bonds is 4. The molecule has 4 fully saturated rings. The second kappa shape index (κ2) is 7.24. The van der Waals surface area contributed by atoms with Crippen LogP contribution in [0.25, 0.3) is 10.9 Å². The van der Waals surface area contributed by atoms with E-state index in [4.69, 9.17) is 4.98 Å². The Kier molecular flexibility index (Phi) is 4.33. The number of hydrogen-bond donors (Lipinski definition) is 1. The lowest BCUT2D eigenvalue weighted by Gasteiger charge is -2.60. The summed E-state index contributed by atoms with van der Waals surface area (Å²) in [6, 6.07) is 14.7. The zero-order chi connectivity index (χ0) is 22.9. The highest BCUT2D eigenvalue weighted by Gasteiger charge is 2.50. The Labute approximate surface area is 203 Å². The normalized spacial score (nSPS) is 22.0. The lowest BCUT2D eigenvalue weighted by molar-refractivity contribution is -0.00238. The molecule has 0 radical (unpaired) electrons. The molecule has 8 heteroatoms. The molecular formula is C26H27N7S. The second-order valence-electron chi connectivity index (χ2n) is 10.8. The fourth-order valence-electron chi connectivity index (χ4n) is 6.13. The molecular weight excluding hydrogens is 442 g/mol. The summed E-state index contributed by atoms with van der Waals surface area (Å²) in [6.07, 6.45) is 1.83. The van der Waals surface area contributed by atoms with Gasteiger partial charge in [-0.2, -0.15) is 17.0 Å². The quantitative estimate of drug-likeness (QED) is 0.622. The second-order valence-corrected chi connectivity index (χ2v) is 11.8. The van der Waals surface area contributed by atoms with Crippen LogP contribution in [0.5, 0.6) is 0 Å². The van der Waals surface area contributed by atoms with Crippen molar-refractivity contribution in [3.05, 3.63) is 48.2 Å². The van der Waals surface area contributed by atoms with E-state index >= 15 is 0 Å². The first-order valence-electron chi connectivity index (χ1n) is 11.9. The van der Waals surface area contributed by atoms with Crippen LogP contribution in [0.1, 0.15) is 5.56 Å². The number of anilines is 4. The predicted octanol–water partition coefficient (Wildman–Crippen LogP) is 3.55. The van der Waals surface area contributed by atoms with Gasteiger partial charge in [-0.1, -0.05) is 0 Å². The van der Waals surface area contributed by atoms with Gasteiger partial charge in [-0.15, -0.1) is 0 Å². The van der Waals surface area contributed by atoms with Gasteiger partial charge < -0.3 is 20.0 Å². The summed E-state index contributed by atoms with van der Waals surface area (Å²) in [4.78, 5) is 16.6. The molecule has 2 spiro atoms. The van der Waals surface area contributed by atoms with Crippen LogP contribution in [-0.4, -0.2) is 72.7 Å². The summed E-state index contributed by atoms with van der Waals surface area (Å²) >= 11 is 2.02. The van der Waals surface area contributed by atoms with Crippen LogP contribution >= 0.6 is 11.8 Å². The molecule has 0 bridgehead atoms. The molecule has 0 saturated carbocycles. The highest BCUT2D eigenvalue weighted by atomic mass is 32.2. The van der Waals surface area contributed by atoms with Crippen molar-refractivity contribution in [1.29, 1.82) is 5.26 Å². The maximum Gasteiger partial charge on any atom is 0.227 e. The molecule has 4 saturated heterocycles. The van der Waals surface area contributed by atoms with Crippen molar-refractivity contribution in [3.8, 4) is 6.07 Å². The highest BCUT2D eigenvalue weighted by Crippen LogP contribution is 2.48. The summed E-state index contributed by atoms with van der Waals surface area (Å²) in [6.45, 7) is 6.84. The van der Waals surface area contributed by atoms with Gasteiger partial charge in [-0.25, -0.2) is 9.97 Å². The van der Waals surface area contributed by atoms with Gasteiger partial charge in [0.2, 0.25) is 5.95 Å². The Hall–Kier alpha value is -3.02. The number of fused-ring (bicyclic) bond motifs is 1. The molecule has 172 valence electrons. The van der Waals surface area contributed by atoms with Crippen molar-refractivity contribution in [1.82, 2.24) is 14.9 Å². The number of thioether (sulfide) groups is 1. The van der Waals surface area contributed by atoms with Gasteiger partial charge >= 0.3 is 0 Å². The van der Waals surface area contributed by atoms with E-state index in [1.165, 1.54) is 30.3 Å². The van der Waals surface area contributed by atoms with Gasteiger partial charge in [-0.3, -0.25) is 0 Å². The zero-order valence-corrected chi connectivity index (χ0v) is 20.1. The summed E-state index contributed by atoms with van der Waals surface area (Å²) in [5, 5.41) is 13.8. The molecule has 4 aliphatic heterocycles. The molecule has 34 heavy (non-hydrogen) atoms. The SMILES string of the molecule is CN1CC2(C1)CN(c1ccc(Nc3ncc4cc(C#N)cc(N5CC6(CSC6)C5)c4n3)cc1)C2. The van der Waals surface area contributed by atoms with E-state index < -0.39 is 0 Å². The minimum Gasteiger partial charge on any atom is -0.370 e. The molecule has 7 rings (SSSR count). The summed E-state index contributed by atoms with van der Waals surface area (Å²) in [5.74, 6) is 3.07. The summed E-state index contributed by atoms with van der Waals surface area (Å²) in [5.41, 5.74) is 5.87. The highest BCUT2D eigenvalue weighted by molar-refractivity contribution is 8.00. The molecule has 0 aliphatic carbocycles. The monoisotopic (exact) mass is 469 g/mol. The average molecular weight is 470 g/mol. The Morgan fingerprint density at radius 1 is 0.971 bits per heavy atom. The third-order valence-electron chi connectivity index (χ3n) is 7.75. The van der Waals surface area contributed by atoms with Gasteiger partial charge in [0.25, 0.3) is 0 Å². The fourth-order valence-corrected chi connectivity index (χ4v) is 7.28. The molecule has 7 nitrogen and oxygen atoms in total. The van der Waals surface area contributed by atoms with Crippen LogP contribution in [0.4, 0.5) is 23.0 Å². The zero-order valence-electron chi connectivity index (χ0n) is 19.3. The number of likely N-dealkylation sites (tertiary alicyclic amines) is 1. The minimum absolute atomic E-state index is 0.472. The van der Waals surface area contributed by atoms with Gasteiger partial charge in [0, 0.05) is 84.6 Å². The lowest BCUT2D eigenvalue weighted by atomic mass is 9.73. The molecule has 4 aliphatic rings. The summed E-state index contributed by atoms with van der Waals surface area (Å²) < 4.78 is 0. The smallest absolute Gasteiger partial charge is 0.227 e. The number of aromatic nitrogens is 2. The van der Waals surface area contributed by atoms with E-state index in [9.17, 15) is 5.26 Å². The Morgan fingerprint density at radius 2 is 1.71 bits per heavy atom. The Bertz CT molecular complexity index is 1310. The minimum atomic E-state index is 0.472. The van der Waals surface area contributed by atoms with Crippen LogP contribution in [-0.2, 0) is 0 Å². The van der Waals surface area contributed by atoms with Crippen molar-refractivity contribution in [3.63, 3.8) is 0 Å². The predicted molar refractivity (Wildman–Crippen MR) is 138 cm³/mol. The topological polar surface area (TPSA) is 71.3 Å². The third kappa shape index (κ3) is 3.22. The van der Waals surface area contributed by atoms with E-state index in [0.717, 1.165) is 48.5 Å². The largest absolute Gasteiger partial charge is 0.370 e. The van der Waals surface area contributed by atoms with Crippen molar-refractivity contribution in [2.24, 2.45) is 10.8 Å². The van der Waals surface area contributed by atoms with Crippen LogP contribution in [0.2, 0.25) is 0 Å². The molecule has 1 N–H and O–H groups in total. The van der Waals surface area contributed by atoms with Gasteiger partial charge in [0.05, 0.1) is 22.8 Å². The van der Waals surface area contributed by atoms with Crippen LogP contribution in [0.3, 0.4) is 0 Å². The number of nitriles is 1. The van der Waals surface area contributed by atoms with Gasteiger partial charge in [0.15, 0.2) is 0 Å². The number of hydrogen-bond acceptors (Lipinski definition) is 8. The first kappa shape index (κ1) is 20.4. The van der Waals surface area contributed by atoms with E-state index in [1.54, 1.807) is 0 Å². The third-order valence-corrected chi connectivity index (χ3v) is 9.39. The Balaban J connectivity index is 1.10. The van der Waals surface area contributed by atoms with Crippen LogP contribution < -0.4 is 15.1 Å². The van der Waals surface area contributed by atoms with E-state index in [2.05, 4.69) is 62.4 Å². The molecule has 0 unspecified atom stereocenters. The maximum atomic E-state index is 9.51. The molecule has 3 aromatic rings. The number of nitrogens with zero attached hydrogens (tertiary/aromatic N) is 6. The summed E-state index contributed by atoms with van der Waals surface area (Å²) in [7, 11) is 2.20. The first-order valence-corrected chi connectivity index (χ1v) is 13.0. The standard InChI is InChI=1S/C26H27N7S/c1-31-10-25(11-31)12-32(13-25)21-4-2-20(3-5-21)29-24-28-9-19-6-18(8-27)7-22(23(19)30-24)33-14-26(15-33)16-34-17-26/h2-7,9H,10-17H2,1H3,(H,28,29,30). The average Bonchev–Trinajstić information content (AvgIpc) is 2.74. The molecule has 1 aromatic heterocycles. The van der Waals surface area contributed by atoms with E-state index in [0.29, 0.717) is 22.3 Å². The van der Waals surface area contributed by atoms with Gasteiger partial charge in [-0.05, 0) is 43.4 Å². The first-order chi connectivity index (χ1) is 16.5. The van der Waals surface area contributed by atoms with Crippen molar-refractivity contribution >= 4 is 45.7 Å². The van der Waals surface area contributed by atoms with E-state index in [1.807, 2.05) is 30.1 Å². The fraction of sp³-hybridized carbons (Fsp3) is 0.423. The number of nitrogens with one attached hydrogen (secondary N) is 1. The molecule has 5 heterocycles. The molecule has 0 atom stereocenters. The maximum absolute atomic E-state index is 9.51.